The summed E-state index contributed by atoms with van der Waals surface area (Å²) in [4.78, 5) is 0. The molecule has 3 heteroatoms. The van der Waals surface area contributed by atoms with Crippen LogP contribution < -0.4 is 15.2 Å². The van der Waals surface area contributed by atoms with Gasteiger partial charge in [0.05, 0.1) is 14.2 Å². The molecule has 2 aromatic carbocycles. The van der Waals surface area contributed by atoms with Crippen LogP contribution in [-0.4, -0.2) is 14.2 Å². The van der Waals surface area contributed by atoms with Gasteiger partial charge in [-0.25, -0.2) is 0 Å². The molecule has 0 aromatic heterocycles. The van der Waals surface area contributed by atoms with Gasteiger partial charge in [0.2, 0.25) is 0 Å². The SMILES string of the molecule is CC.COc1ccc(-c2ccccc2N)cc1OC. The van der Waals surface area contributed by atoms with E-state index in [1.807, 2.05) is 56.3 Å². The highest BCUT2D eigenvalue weighted by Gasteiger charge is 2.07. The Kier molecular flexibility index (Phi) is 5.73. The number of anilines is 1. The lowest BCUT2D eigenvalue weighted by atomic mass is 10.0. The summed E-state index contributed by atoms with van der Waals surface area (Å²) in [6.45, 7) is 4.00. The van der Waals surface area contributed by atoms with Gasteiger partial charge in [0, 0.05) is 11.3 Å². The minimum Gasteiger partial charge on any atom is -0.493 e. The van der Waals surface area contributed by atoms with Crippen molar-refractivity contribution in [3.05, 3.63) is 42.5 Å². The molecular formula is C16H21NO2. The maximum absolute atomic E-state index is 5.94. The van der Waals surface area contributed by atoms with Gasteiger partial charge in [0.1, 0.15) is 0 Å². The van der Waals surface area contributed by atoms with Crippen LogP contribution in [0.25, 0.3) is 11.1 Å². The van der Waals surface area contributed by atoms with E-state index in [0.29, 0.717) is 11.5 Å². The lowest BCUT2D eigenvalue weighted by Gasteiger charge is -2.10. The normalized spacial score (nSPS) is 9.26. The van der Waals surface area contributed by atoms with Crippen molar-refractivity contribution in [2.24, 2.45) is 0 Å². The van der Waals surface area contributed by atoms with Gasteiger partial charge in [-0.2, -0.15) is 0 Å². The van der Waals surface area contributed by atoms with E-state index in [4.69, 9.17) is 15.2 Å². The number of para-hydroxylation sites is 1. The molecule has 0 saturated carbocycles. The molecule has 0 aliphatic heterocycles. The van der Waals surface area contributed by atoms with Crippen LogP contribution in [0.1, 0.15) is 13.8 Å². The molecule has 0 fully saturated rings. The number of rotatable bonds is 3. The number of methoxy groups -OCH3 is 2. The molecule has 102 valence electrons. The van der Waals surface area contributed by atoms with Crippen LogP contribution in [0.4, 0.5) is 5.69 Å². The topological polar surface area (TPSA) is 44.5 Å². The summed E-state index contributed by atoms with van der Waals surface area (Å²) < 4.78 is 10.5. The Labute approximate surface area is 115 Å². The largest absolute Gasteiger partial charge is 0.493 e. The number of benzene rings is 2. The molecule has 0 radical (unpaired) electrons. The highest BCUT2D eigenvalue weighted by molar-refractivity contribution is 5.77. The molecular weight excluding hydrogens is 238 g/mol. The molecule has 19 heavy (non-hydrogen) atoms. The molecule has 0 unspecified atom stereocenters. The average molecular weight is 259 g/mol. The molecule has 0 aliphatic carbocycles. The second-order valence-corrected chi connectivity index (χ2v) is 3.66. The smallest absolute Gasteiger partial charge is 0.161 e. The van der Waals surface area contributed by atoms with Gasteiger partial charge in [-0.3, -0.25) is 0 Å². The van der Waals surface area contributed by atoms with E-state index < -0.39 is 0 Å². The molecule has 0 atom stereocenters. The van der Waals surface area contributed by atoms with Crippen molar-refractivity contribution < 1.29 is 9.47 Å². The van der Waals surface area contributed by atoms with E-state index in [-0.39, 0.29) is 0 Å². The van der Waals surface area contributed by atoms with Crippen LogP contribution >= 0.6 is 0 Å². The minimum absolute atomic E-state index is 0.702. The predicted molar refractivity (Wildman–Crippen MR) is 80.7 cm³/mol. The van der Waals surface area contributed by atoms with E-state index in [1.165, 1.54) is 0 Å². The minimum atomic E-state index is 0.702. The summed E-state index contributed by atoms with van der Waals surface area (Å²) in [5.41, 5.74) is 8.70. The van der Waals surface area contributed by atoms with Crippen molar-refractivity contribution in [3.8, 4) is 22.6 Å². The van der Waals surface area contributed by atoms with Crippen LogP contribution in [0.5, 0.6) is 11.5 Å². The van der Waals surface area contributed by atoms with Crippen molar-refractivity contribution in [1.29, 1.82) is 0 Å². The summed E-state index contributed by atoms with van der Waals surface area (Å²) in [5.74, 6) is 1.42. The highest BCUT2D eigenvalue weighted by Crippen LogP contribution is 2.34. The Morgan fingerprint density at radius 3 is 2.05 bits per heavy atom. The molecule has 3 nitrogen and oxygen atoms in total. The molecule has 2 N–H and O–H groups in total. The van der Waals surface area contributed by atoms with Crippen molar-refractivity contribution in [2.45, 2.75) is 13.8 Å². The van der Waals surface area contributed by atoms with Crippen LogP contribution in [0.2, 0.25) is 0 Å². The van der Waals surface area contributed by atoms with E-state index in [2.05, 4.69) is 0 Å². The van der Waals surface area contributed by atoms with Crippen LogP contribution in [0.3, 0.4) is 0 Å². The maximum Gasteiger partial charge on any atom is 0.161 e. The van der Waals surface area contributed by atoms with Gasteiger partial charge < -0.3 is 15.2 Å². The zero-order valence-corrected chi connectivity index (χ0v) is 11.9. The third-order valence-corrected chi connectivity index (χ3v) is 2.66. The third kappa shape index (κ3) is 3.41. The van der Waals surface area contributed by atoms with Gasteiger partial charge in [0.25, 0.3) is 0 Å². The molecule has 2 rings (SSSR count). The van der Waals surface area contributed by atoms with Gasteiger partial charge in [-0.1, -0.05) is 38.1 Å². The number of nitrogen functional groups attached to an aromatic ring is 1. The van der Waals surface area contributed by atoms with E-state index in [0.717, 1.165) is 16.8 Å². The molecule has 0 heterocycles. The monoisotopic (exact) mass is 259 g/mol. The number of hydrogen-bond donors (Lipinski definition) is 1. The summed E-state index contributed by atoms with van der Waals surface area (Å²) in [7, 11) is 3.24. The summed E-state index contributed by atoms with van der Waals surface area (Å²) in [5, 5.41) is 0. The first-order chi connectivity index (χ1) is 9.26. The van der Waals surface area contributed by atoms with Gasteiger partial charge in [-0.05, 0) is 23.8 Å². The lowest BCUT2D eigenvalue weighted by molar-refractivity contribution is 0.355. The van der Waals surface area contributed by atoms with Crippen molar-refractivity contribution in [1.82, 2.24) is 0 Å². The first-order valence-electron chi connectivity index (χ1n) is 6.33. The van der Waals surface area contributed by atoms with E-state index in [1.54, 1.807) is 14.2 Å². The quantitative estimate of drug-likeness (QED) is 0.848. The Bertz CT molecular complexity index is 524. The standard InChI is InChI=1S/C14H15NO2.C2H6/c1-16-13-8-7-10(9-14(13)17-2)11-5-3-4-6-12(11)15;1-2/h3-9H,15H2,1-2H3;1-2H3. The molecule has 2 aromatic rings. The van der Waals surface area contributed by atoms with Crippen molar-refractivity contribution in [3.63, 3.8) is 0 Å². The number of hydrogen-bond acceptors (Lipinski definition) is 3. The molecule has 0 bridgehead atoms. The van der Waals surface area contributed by atoms with Gasteiger partial charge in [-0.15, -0.1) is 0 Å². The zero-order chi connectivity index (χ0) is 14.3. The maximum atomic E-state index is 5.94. The van der Waals surface area contributed by atoms with Crippen molar-refractivity contribution >= 4 is 5.69 Å². The van der Waals surface area contributed by atoms with Gasteiger partial charge in [0.15, 0.2) is 11.5 Å². The number of nitrogens with two attached hydrogens (primary N) is 1. The fourth-order valence-corrected chi connectivity index (χ4v) is 1.76. The summed E-state index contributed by atoms with van der Waals surface area (Å²) in [6, 6.07) is 13.5. The first-order valence-corrected chi connectivity index (χ1v) is 6.33. The van der Waals surface area contributed by atoms with Crippen LogP contribution in [0, 0.1) is 0 Å². The average Bonchev–Trinajstić information content (AvgIpc) is 2.49. The first kappa shape index (κ1) is 14.9. The van der Waals surface area contributed by atoms with E-state index >= 15 is 0 Å². The second-order valence-electron chi connectivity index (χ2n) is 3.66. The molecule has 0 spiro atoms. The lowest BCUT2D eigenvalue weighted by Crippen LogP contribution is -1.93. The van der Waals surface area contributed by atoms with Gasteiger partial charge >= 0.3 is 0 Å². The third-order valence-electron chi connectivity index (χ3n) is 2.66. The molecule has 0 amide bonds. The highest BCUT2D eigenvalue weighted by atomic mass is 16.5. The fourth-order valence-electron chi connectivity index (χ4n) is 1.76. The fraction of sp³-hybridized carbons (Fsp3) is 0.250. The number of ether oxygens (including phenoxy) is 2. The molecule has 0 saturated heterocycles. The van der Waals surface area contributed by atoms with E-state index in [9.17, 15) is 0 Å². The zero-order valence-electron chi connectivity index (χ0n) is 11.9. The summed E-state index contributed by atoms with van der Waals surface area (Å²) in [6.07, 6.45) is 0. The van der Waals surface area contributed by atoms with Crippen molar-refractivity contribution in [2.75, 3.05) is 20.0 Å². The molecule has 0 aliphatic rings. The predicted octanol–water partition coefficient (Wildman–Crippen LogP) is 3.98. The van der Waals surface area contributed by atoms with Crippen LogP contribution in [0.15, 0.2) is 42.5 Å². The Morgan fingerprint density at radius 1 is 0.842 bits per heavy atom. The Hall–Kier alpha value is -2.16. The van der Waals surface area contributed by atoms with Crippen LogP contribution in [-0.2, 0) is 0 Å². The Balaban J connectivity index is 0.000000861. The summed E-state index contributed by atoms with van der Waals surface area (Å²) >= 11 is 0. The second kappa shape index (κ2) is 7.31. The Morgan fingerprint density at radius 2 is 1.47 bits per heavy atom.